The van der Waals surface area contributed by atoms with Crippen LogP contribution in [0.2, 0.25) is 0 Å². The van der Waals surface area contributed by atoms with Crippen LogP contribution in [0.3, 0.4) is 0 Å². The van der Waals surface area contributed by atoms with E-state index in [0.29, 0.717) is 23.3 Å². The molecular weight excluding hydrogens is 264 g/mol. The number of carbonyl (C=O) groups is 2. The van der Waals surface area contributed by atoms with Crippen LogP contribution in [0.25, 0.3) is 0 Å². The van der Waals surface area contributed by atoms with E-state index >= 15 is 0 Å². The fourth-order valence-corrected chi connectivity index (χ4v) is 2.21. The van der Waals surface area contributed by atoms with E-state index in [1.54, 1.807) is 37.3 Å². The third-order valence-corrected chi connectivity index (χ3v) is 3.24. The van der Waals surface area contributed by atoms with Crippen LogP contribution < -0.4 is 4.74 Å². The first kappa shape index (κ1) is 15.0. The molecule has 0 aliphatic carbocycles. The summed E-state index contributed by atoms with van der Waals surface area (Å²) >= 11 is 0. The monoisotopic (exact) mass is 282 g/mol. The molecule has 0 atom stereocenters. The number of Topliss-reactive ketones (excluding diaryl/α,β-unsaturated/α-hetero) is 1. The molecule has 0 N–H and O–H groups in total. The minimum absolute atomic E-state index is 0.0299. The number of benzene rings is 2. The van der Waals surface area contributed by atoms with Gasteiger partial charge in [-0.05, 0) is 43.2 Å². The highest BCUT2D eigenvalue weighted by molar-refractivity contribution is 6.00. The Hall–Kier alpha value is -2.42. The molecule has 0 unspecified atom stereocenters. The smallest absolute Gasteiger partial charge is 0.343 e. The molecule has 0 aliphatic rings. The second-order valence-electron chi connectivity index (χ2n) is 4.99. The Bertz CT molecular complexity index is 672. The standard InChI is InChI=1S/C18H18O3/c1-4-16(19)15-11-12(2)10-13(3)17(15)21-18(20)14-8-6-5-7-9-14/h5-11H,4H2,1-3H3. The maximum Gasteiger partial charge on any atom is 0.343 e. The molecule has 0 spiro atoms. The second-order valence-corrected chi connectivity index (χ2v) is 4.99. The first-order chi connectivity index (χ1) is 10.0. The van der Waals surface area contributed by atoms with Crippen LogP contribution in [0.5, 0.6) is 5.75 Å². The van der Waals surface area contributed by atoms with Crippen LogP contribution in [-0.4, -0.2) is 11.8 Å². The predicted octanol–water partition coefficient (Wildman–Crippen LogP) is 4.12. The number of hydrogen-bond acceptors (Lipinski definition) is 3. The predicted molar refractivity (Wildman–Crippen MR) is 81.9 cm³/mol. The minimum atomic E-state index is -0.451. The molecule has 108 valence electrons. The zero-order valence-corrected chi connectivity index (χ0v) is 12.5. The summed E-state index contributed by atoms with van der Waals surface area (Å²) in [5, 5.41) is 0. The van der Waals surface area contributed by atoms with Gasteiger partial charge in [-0.3, -0.25) is 4.79 Å². The normalized spacial score (nSPS) is 10.2. The van der Waals surface area contributed by atoms with Crippen LogP contribution in [0.1, 0.15) is 45.2 Å². The number of ether oxygens (including phenoxy) is 1. The van der Waals surface area contributed by atoms with Crippen LogP contribution in [-0.2, 0) is 0 Å². The molecule has 0 saturated carbocycles. The zero-order chi connectivity index (χ0) is 15.4. The lowest BCUT2D eigenvalue weighted by Crippen LogP contribution is -2.12. The second kappa shape index (κ2) is 6.35. The molecule has 0 saturated heterocycles. The van der Waals surface area contributed by atoms with E-state index in [1.807, 2.05) is 26.0 Å². The van der Waals surface area contributed by atoms with Crippen molar-refractivity contribution >= 4 is 11.8 Å². The minimum Gasteiger partial charge on any atom is -0.422 e. The van der Waals surface area contributed by atoms with Gasteiger partial charge in [-0.1, -0.05) is 31.2 Å². The maximum atomic E-state index is 12.2. The maximum absolute atomic E-state index is 12.2. The third-order valence-electron chi connectivity index (χ3n) is 3.24. The number of rotatable bonds is 4. The summed E-state index contributed by atoms with van der Waals surface area (Å²) in [6.45, 7) is 5.55. The largest absolute Gasteiger partial charge is 0.422 e. The number of aryl methyl sites for hydroxylation is 2. The summed E-state index contributed by atoms with van der Waals surface area (Å²) < 4.78 is 5.48. The van der Waals surface area contributed by atoms with E-state index < -0.39 is 5.97 Å². The Kier molecular flexibility index (Phi) is 4.53. The Balaban J connectivity index is 2.40. The summed E-state index contributed by atoms with van der Waals surface area (Å²) in [6.07, 6.45) is 0.374. The first-order valence-electron chi connectivity index (χ1n) is 6.94. The molecule has 0 heterocycles. The van der Waals surface area contributed by atoms with Crippen LogP contribution >= 0.6 is 0 Å². The average molecular weight is 282 g/mol. The SMILES string of the molecule is CCC(=O)c1cc(C)cc(C)c1OC(=O)c1ccccc1. The van der Waals surface area contributed by atoms with Crippen molar-refractivity contribution in [3.05, 3.63) is 64.7 Å². The first-order valence-corrected chi connectivity index (χ1v) is 6.94. The van der Waals surface area contributed by atoms with Gasteiger partial charge in [0.05, 0.1) is 11.1 Å². The van der Waals surface area contributed by atoms with E-state index in [-0.39, 0.29) is 5.78 Å². The van der Waals surface area contributed by atoms with Crippen molar-refractivity contribution < 1.29 is 14.3 Å². The van der Waals surface area contributed by atoms with Gasteiger partial charge in [0.2, 0.25) is 0 Å². The molecule has 21 heavy (non-hydrogen) atoms. The third kappa shape index (κ3) is 3.37. The van der Waals surface area contributed by atoms with Gasteiger partial charge in [0.15, 0.2) is 5.78 Å². The van der Waals surface area contributed by atoms with Gasteiger partial charge in [-0.15, -0.1) is 0 Å². The van der Waals surface area contributed by atoms with Gasteiger partial charge in [0.1, 0.15) is 5.75 Å². The summed E-state index contributed by atoms with van der Waals surface area (Å²) in [5.41, 5.74) is 2.70. The van der Waals surface area contributed by atoms with E-state index in [0.717, 1.165) is 11.1 Å². The lowest BCUT2D eigenvalue weighted by atomic mass is 10.0. The molecule has 3 heteroatoms. The van der Waals surface area contributed by atoms with Crippen molar-refractivity contribution in [3.8, 4) is 5.75 Å². The summed E-state index contributed by atoms with van der Waals surface area (Å²) in [4.78, 5) is 24.2. The molecule has 0 aromatic heterocycles. The molecule has 2 rings (SSSR count). The zero-order valence-electron chi connectivity index (χ0n) is 12.5. The molecule has 0 fully saturated rings. The van der Waals surface area contributed by atoms with Gasteiger partial charge in [0.25, 0.3) is 0 Å². The number of hydrogen-bond donors (Lipinski definition) is 0. The highest BCUT2D eigenvalue weighted by atomic mass is 16.5. The molecule has 0 radical (unpaired) electrons. The molecule has 0 aliphatic heterocycles. The van der Waals surface area contributed by atoms with E-state index in [4.69, 9.17) is 4.74 Å². The molecule has 2 aromatic carbocycles. The lowest BCUT2D eigenvalue weighted by Gasteiger charge is -2.13. The van der Waals surface area contributed by atoms with Crippen molar-refractivity contribution in [2.75, 3.05) is 0 Å². The van der Waals surface area contributed by atoms with Crippen molar-refractivity contribution in [2.24, 2.45) is 0 Å². The Morgan fingerprint density at radius 1 is 1.05 bits per heavy atom. The molecule has 3 nitrogen and oxygen atoms in total. The Morgan fingerprint density at radius 3 is 2.33 bits per heavy atom. The van der Waals surface area contributed by atoms with Crippen molar-refractivity contribution in [3.63, 3.8) is 0 Å². The Morgan fingerprint density at radius 2 is 1.71 bits per heavy atom. The fraction of sp³-hybridized carbons (Fsp3) is 0.222. The molecule has 2 aromatic rings. The Labute approximate surface area is 124 Å². The van der Waals surface area contributed by atoms with E-state index in [2.05, 4.69) is 0 Å². The number of ketones is 1. The van der Waals surface area contributed by atoms with Gasteiger partial charge in [0, 0.05) is 6.42 Å². The fourth-order valence-electron chi connectivity index (χ4n) is 2.21. The average Bonchev–Trinajstić information content (AvgIpc) is 2.49. The van der Waals surface area contributed by atoms with Gasteiger partial charge in [-0.25, -0.2) is 4.79 Å². The quantitative estimate of drug-likeness (QED) is 0.481. The summed E-state index contributed by atoms with van der Waals surface area (Å²) in [6, 6.07) is 12.4. The topological polar surface area (TPSA) is 43.4 Å². The number of esters is 1. The highest BCUT2D eigenvalue weighted by Crippen LogP contribution is 2.27. The highest BCUT2D eigenvalue weighted by Gasteiger charge is 2.18. The molecule has 0 bridgehead atoms. The van der Waals surface area contributed by atoms with Gasteiger partial charge < -0.3 is 4.74 Å². The molecule has 0 amide bonds. The van der Waals surface area contributed by atoms with Crippen molar-refractivity contribution in [1.82, 2.24) is 0 Å². The summed E-state index contributed by atoms with van der Waals surface area (Å²) in [7, 11) is 0. The molecular formula is C18H18O3. The van der Waals surface area contributed by atoms with E-state index in [9.17, 15) is 9.59 Å². The van der Waals surface area contributed by atoms with Crippen molar-refractivity contribution in [1.29, 1.82) is 0 Å². The van der Waals surface area contributed by atoms with Crippen LogP contribution in [0, 0.1) is 13.8 Å². The van der Waals surface area contributed by atoms with Crippen molar-refractivity contribution in [2.45, 2.75) is 27.2 Å². The van der Waals surface area contributed by atoms with Crippen LogP contribution in [0.15, 0.2) is 42.5 Å². The number of carbonyl (C=O) groups excluding carboxylic acids is 2. The summed E-state index contributed by atoms with van der Waals surface area (Å²) in [5.74, 6) is -0.119. The van der Waals surface area contributed by atoms with Crippen LogP contribution in [0.4, 0.5) is 0 Å². The van der Waals surface area contributed by atoms with E-state index in [1.165, 1.54) is 0 Å². The van der Waals surface area contributed by atoms with Gasteiger partial charge >= 0.3 is 5.97 Å². The van der Waals surface area contributed by atoms with Gasteiger partial charge in [-0.2, -0.15) is 0 Å². The lowest BCUT2D eigenvalue weighted by molar-refractivity contribution is 0.0731.